The number of nitrogens with one attached hydrogen (secondary N) is 2. The Morgan fingerprint density at radius 1 is 1.18 bits per heavy atom. The number of hydrogen-bond acceptors (Lipinski definition) is 5. The van der Waals surface area contributed by atoms with E-state index in [1.54, 1.807) is 4.90 Å². The predicted octanol–water partition coefficient (Wildman–Crippen LogP) is 4.94. The number of benzene rings is 2. The van der Waals surface area contributed by atoms with Gasteiger partial charge in [0.1, 0.15) is 23.6 Å². The largest absolute Gasteiger partial charge is 0.496 e. The number of methoxy groups -OCH3 is 2. The molecule has 0 aliphatic carbocycles. The van der Waals surface area contributed by atoms with E-state index in [4.69, 9.17) is 19.6 Å². The topological polar surface area (TPSA) is 83.9 Å². The molecule has 1 aliphatic heterocycles. The molecular weight excluding hydrogens is 451 g/mol. The molecule has 0 saturated carbocycles. The lowest BCUT2D eigenvalue weighted by Gasteiger charge is -2.26. The van der Waals surface area contributed by atoms with Gasteiger partial charge in [-0.2, -0.15) is 13.2 Å². The fourth-order valence-electron chi connectivity index (χ4n) is 4.05. The second kappa shape index (κ2) is 10.8. The van der Waals surface area contributed by atoms with Gasteiger partial charge in [0.15, 0.2) is 0 Å². The van der Waals surface area contributed by atoms with E-state index in [2.05, 4.69) is 6.07 Å². The predicted molar refractivity (Wildman–Crippen MR) is 123 cm³/mol. The molecule has 1 amide bonds. The van der Waals surface area contributed by atoms with Gasteiger partial charge in [-0.05, 0) is 42.9 Å². The fourth-order valence-corrected chi connectivity index (χ4v) is 4.05. The molecule has 2 aromatic carbocycles. The maximum absolute atomic E-state index is 12.6. The number of anilines is 2. The number of aryl methyl sites for hydroxylation is 1. The molecule has 0 bridgehead atoms. The average molecular weight is 479 g/mol. The van der Waals surface area contributed by atoms with Crippen LogP contribution in [-0.2, 0) is 4.74 Å². The van der Waals surface area contributed by atoms with Gasteiger partial charge in [-0.1, -0.05) is 12.1 Å². The Morgan fingerprint density at radius 2 is 1.79 bits per heavy atom. The van der Waals surface area contributed by atoms with Gasteiger partial charge in [-0.3, -0.25) is 10.2 Å². The van der Waals surface area contributed by atoms with Gasteiger partial charge in [0.2, 0.25) is 0 Å². The fraction of sp³-hybridized carbons (Fsp3) is 0.417. The summed E-state index contributed by atoms with van der Waals surface area (Å²) in [6.45, 7) is 1.94. The third-order valence-electron chi connectivity index (χ3n) is 5.75. The van der Waals surface area contributed by atoms with Crippen molar-refractivity contribution in [1.82, 2.24) is 5.32 Å². The number of ether oxygens (including phenoxy) is 3. The molecule has 0 spiro atoms. The van der Waals surface area contributed by atoms with Gasteiger partial charge >= 0.3 is 6.18 Å². The molecule has 1 saturated heterocycles. The van der Waals surface area contributed by atoms with Crippen molar-refractivity contribution in [1.29, 1.82) is 5.41 Å². The average Bonchev–Trinajstić information content (AvgIpc) is 2.83. The summed E-state index contributed by atoms with van der Waals surface area (Å²) in [6, 6.07) is 9.02. The van der Waals surface area contributed by atoms with Gasteiger partial charge in [0, 0.05) is 31.0 Å². The summed E-state index contributed by atoms with van der Waals surface area (Å²) in [6.07, 6.45) is -1.52. The van der Waals surface area contributed by atoms with Crippen LogP contribution in [0.2, 0.25) is 0 Å². The lowest BCUT2D eigenvalue weighted by molar-refractivity contribution is -0.123. The summed E-state index contributed by atoms with van der Waals surface area (Å²) in [4.78, 5) is 14.1. The summed E-state index contributed by atoms with van der Waals surface area (Å²) in [5.41, 5.74) is 3.19. The molecule has 3 rings (SSSR count). The van der Waals surface area contributed by atoms with Crippen LogP contribution in [0.1, 0.15) is 40.2 Å². The SMILES string of the molecule is COc1cc(N(C=N)c2ccc(C3CCOCC3)cc2C)cc(OC)c1C(=O)NCC(F)(F)F. The van der Waals surface area contributed by atoms with Crippen molar-refractivity contribution in [2.24, 2.45) is 0 Å². The minimum absolute atomic E-state index is 0.0253. The third-order valence-corrected chi connectivity index (χ3v) is 5.75. The van der Waals surface area contributed by atoms with Crippen LogP contribution in [0.4, 0.5) is 24.5 Å². The molecular formula is C24H28F3N3O4. The maximum atomic E-state index is 12.6. The monoisotopic (exact) mass is 479 g/mol. The van der Waals surface area contributed by atoms with E-state index >= 15 is 0 Å². The van der Waals surface area contributed by atoms with Gasteiger partial charge in [-0.25, -0.2) is 0 Å². The van der Waals surface area contributed by atoms with Crippen LogP contribution < -0.4 is 19.7 Å². The Hall–Kier alpha value is -3.27. The highest BCUT2D eigenvalue weighted by molar-refractivity contribution is 6.01. The molecule has 0 aromatic heterocycles. The van der Waals surface area contributed by atoms with Crippen LogP contribution in [0, 0.1) is 12.3 Å². The van der Waals surface area contributed by atoms with Crippen molar-refractivity contribution in [3.63, 3.8) is 0 Å². The zero-order valence-electron chi connectivity index (χ0n) is 19.3. The lowest BCUT2D eigenvalue weighted by Crippen LogP contribution is -2.34. The normalized spacial score (nSPS) is 14.4. The van der Waals surface area contributed by atoms with E-state index in [0.717, 1.165) is 43.6 Å². The number of halogens is 3. The molecule has 1 heterocycles. The van der Waals surface area contributed by atoms with E-state index in [0.29, 0.717) is 11.6 Å². The Kier molecular flexibility index (Phi) is 8.03. The zero-order valence-corrected chi connectivity index (χ0v) is 19.3. The first-order valence-electron chi connectivity index (χ1n) is 10.8. The highest BCUT2D eigenvalue weighted by Gasteiger charge is 2.30. The highest BCUT2D eigenvalue weighted by atomic mass is 19.4. The number of alkyl halides is 3. The minimum atomic E-state index is -4.55. The molecule has 2 N–H and O–H groups in total. The van der Waals surface area contributed by atoms with Crippen molar-refractivity contribution in [3.8, 4) is 11.5 Å². The van der Waals surface area contributed by atoms with Crippen molar-refractivity contribution in [2.75, 3.05) is 38.9 Å². The summed E-state index contributed by atoms with van der Waals surface area (Å²) >= 11 is 0. The van der Waals surface area contributed by atoms with Crippen molar-refractivity contribution in [3.05, 3.63) is 47.0 Å². The van der Waals surface area contributed by atoms with E-state index in [-0.39, 0.29) is 17.1 Å². The summed E-state index contributed by atoms with van der Waals surface area (Å²) in [7, 11) is 2.61. The van der Waals surface area contributed by atoms with Crippen molar-refractivity contribution >= 4 is 23.6 Å². The van der Waals surface area contributed by atoms with Crippen LogP contribution in [0.15, 0.2) is 30.3 Å². The zero-order chi connectivity index (χ0) is 24.9. The van der Waals surface area contributed by atoms with Crippen molar-refractivity contribution < 1.29 is 32.2 Å². The maximum Gasteiger partial charge on any atom is 0.405 e. The molecule has 2 aromatic rings. The van der Waals surface area contributed by atoms with Crippen molar-refractivity contribution in [2.45, 2.75) is 31.9 Å². The smallest absolute Gasteiger partial charge is 0.405 e. The Morgan fingerprint density at radius 3 is 2.29 bits per heavy atom. The molecule has 1 aliphatic rings. The van der Waals surface area contributed by atoms with E-state index < -0.39 is 18.6 Å². The highest BCUT2D eigenvalue weighted by Crippen LogP contribution is 2.38. The van der Waals surface area contributed by atoms with Gasteiger partial charge in [0.05, 0.1) is 26.2 Å². The Balaban J connectivity index is 1.96. The third kappa shape index (κ3) is 5.80. The number of carbonyl (C=O) groups excluding carboxylic acids is 1. The van der Waals surface area contributed by atoms with Crippen LogP contribution in [0.3, 0.4) is 0 Å². The first-order chi connectivity index (χ1) is 16.2. The number of carbonyl (C=O) groups is 1. The molecule has 34 heavy (non-hydrogen) atoms. The lowest BCUT2D eigenvalue weighted by atomic mass is 9.90. The van der Waals surface area contributed by atoms with Gasteiger partial charge in [-0.15, -0.1) is 0 Å². The first-order valence-corrected chi connectivity index (χ1v) is 10.8. The quantitative estimate of drug-likeness (QED) is 0.414. The molecule has 184 valence electrons. The second-order valence-electron chi connectivity index (χ2n) is 7.95. The Labute approximate surface area is 196 Å². The summed E-state index contributed by atoms with van der Waals surface area (Å²) < 4.78 is 53.8. The molecule has 10 heteroatoms. The molecule has 7 nitrogen and oxygen atoms in total. The minimum Gasteiger partial charge on any atom is -0.496 e. The standard InChI is InChI=1S/C24H28F3N3O4/c1-15-10-17(16-6-8-34-9-7-16)4-5-19(15)30(14-28)18-11-20(32-2)22(21(12-18)33-3)23(31)29-13-24(25,26)27/h4-5,10-12,14,16,28H,6-9,13H2,1-3H3,(H,29,31). The van der Waals surface area contributed by atoms with E-state index in [9.17, 15) is 18.0 Å². The summed E-state index contributed by atoms with van der Waals surface area (Å²) in [5.74, 6) is -0.504. The molecule has 0 atom stereocenters. The number of amides is 1. The molecule has 1 fully saturated rings. The van der Waals surface area contributed by atoms with E-state index in [1.165, 1.54) is 31.9 Å². The number of rotatable bonds is 8. The van der Waals surface area contributed by atoms with E-state index in [1.807, 2.05) is 24.4 Å². The van der Waals surface area contributed by atoms with Crippen LogP contribution in [-0.4, -0.2) is 52.4 Å². The van der Waals surface area contributed by atoms with Crippen LogP contribution in [0.25, 0.3) is 0 Å². The first kappa shape index (κ1) is 25.4. The van der Waals surface area contributed by atoms with Gasteiger partial charge in [0.25, 0.3) is 5.91 Å². The van der Waals surface area contributed by atoms with Crippen LogP contribution in [0.5, 0.6) is 11.5 Å². The number of nitrogens with zero attached hydrogens (tertiary/aromatic N) is 1. The Bertz CT molecular complexity index is 1010. The summed E-state index contributed by atoms with van der Waals surface area (Å²) in [5, 5.41) is 9.85. The van der Waals surface area contributed by atoms with Crippen LogP contribution >= 0.6 is 0 Å². The second-order valence-corrected chi connectivity index (χ2v) is 7.95. The number of hydrogen-bond donors (Lipinski definition) is 2. The molecule has 0 radical (unpaired) electrons. The van der Waals surface area contributed by atoms with Gasteiger partial charge < -0.3 is 24.4 Å². The molecule has 0 unspecified atom stereocenters.